The molecule has 2 N–H and O–H groups in total. The van der Waals surface area contributed by atoms with Crippen molar-refractivity contribution in [2.45, 2.75) is 57.8 Å². The summed E-state index contributed by atoms with van der Waals surface area (Å²) >= 11 is 0. The number of aromatic nitrogens is 3. The molecule has 34 heavy (non-hydrogen) atoms. The molecular weight excluding hydrogens is 430 g/mol. The Morgan fingerprint density at radius 3 is 2.68 bits per heavy atom. The SMILES string of the molecule is CC(C)(C)OC(=O)N1CCC2(CCn3nc(-c4cnc(N)c(OCc5ccccc5)c4)cc32)C1. The van der Waals surface area contributed by atoms with E-state index in [4.69, 9.17) is 20.3 Å². The van der Waals surface area contributed by atoms with Crippen LogP contribution in [-0.2, 0) is 23.3 Å². The molecule has 178 valence electrons. The number of pyridine rings is 1. The maximum atomic E-state index is 12.6. The van der Waals surface area contributed by atoms with Crippen molar-refractivity contribution in [2.75, 3.05) is 18.8 Å². The minimum absolute atomic E-state index is 0.0873. The molecule has 3 aromatic rings. The highest BCUT2D eigenvalue weighted by molar-refractivity contribution is 5.69. The Hall–Kier alpha value is -3.55. The second-order valence-electron chi connectivity index (χ2n) is 10.2. The third-order valence-electron chi connectivity index (χ3n) is 6.55. The molecule has 2 aliphatic heterocycles. The predicted octanol–water partition coefficient (Wildman–Crippen LogP) is 4.39. The molecule has 1 aromatic carbocycles. The van der Waals surface area contributed by atoms with Gasteiger partial charge in [0.25, 0.3) is 0 Å². The molecule has 0 aliphatic carbocycles. The minimum atomic E-state index is -0.500. The third kappa shape index (κ3) is 4.32. The van der Waals surface area contributed by atoms with Gasteiger partial charge in [0, 0.05) is 42.5 Å². The van der Waals surface area contributed by atoms with Gasteiger partial charge >= 0.3 is 6.09 Å². The molecule has 2 aliphatic rings. The first kappa shape index (κ1) is 22.3. The summed E-state index contributed by atoms with van der Waals surface area (Å²) in [5, 5.41) is 4.84. The number of rotatable bonds is 4. The highest BCUT2D eigenvalue weighted by atomic mass is 16.6. The molecule has 5 rings (SSSR count). The number of hydrogen-bond donors (Lipinski definition) is 1. The molecule has 0 saturated carbocycles. The number of nitrogen functional groups attached to an aromatic ring is 1. The summed E-state index contributed by atoms with van der Waals surface area (Å²) in [5.41, 5.74) is 9.41. The van der Waals surface area contributed by atoms with Gasteiger partial charge < -0.3 is 20.1 Å². The summed E-state index contributed by atoms with van der Waals surface area (Å²) in [7, 11) is 0. The second kappa shape index (κ2) is 8.34. The molecule has 1 spiro atoms. The number of aryl methyl sites for hydroxylation is 1. The first-order valence-corrected chi connectivity index (χ1v) is 11.7. The van der Waals surface area contributed by atoms with Crippen molar-refractivity contribution < 1.29 is 14.3 Å². The van der Waals surface area contributed by atoms with Gasteiger partial charge in [0.2, 0.25) is 0 Å². The van der Waals surface area contributed by atoms with E-state index in [9.17, 15) is 4.79 Å². The van der Waals surface area contributed by atoms with Gasteiger partial charge in [0.1, 0.15) is 12.2 Å². The quantitative estimate of drug-likeness (QED) is 0.619. The summed E-state index contributed by atoms with van der Waals surface area (Å²) in [6.07, 6.45) is 3.37. The standard InChI is InChI=1S/C26H31N5O3/c1-25(2,3)34-24(32)30-11-9-26(17-30)10-12-31-22(26)14-20(29-31)19-13-21(23(27)28-15-19)33-16-18-7-5-4-6-8-18/h4-8,13-15H,9-12,16-17H2,1-3H3,(H2,27,28). The molecule has 1 amide bonds. The molecule has 4 heterocycles. The fraction of sp³-hybridized carbons (Fsp3) is 0.423. The van der Waals surface area contributed by atoms with Crippen LogP contribution in [0.4, 0.5) is 10.6 Å². The molecule has 1 saturated heterocycles. The number of carbonyl (C=O) groups is 1. The maximum Gasteiger partial charge on any atom is 0.410 e. The summed E-state index contributed by atoms with van der Waals surface area (Å²) in [6.45, 7) is 8.27. The van der Waals surface area contributed by atoms with Crippen LogP contribution in [-0.4, -0.2) is 44.4 Å². The van der Waals surface area contributed by atoms with E-state index in [2.05, 4.69) is 15.7 Å². The minimum Gasteiger partial charge on any atom is -0.485 e. The van der Waals surface area contributed by atoms with E-state index in [0.29, 0.717) is 31.3 Å². The smallest absolute Gasteiger partial charge is 0.410 e. The molecule has 0 radical (unpaired) electrons. The summed E-state index contributed by atoms with van der Waals surface area (Å²) in [4.78, 5) is 18.8. The number of hydrogen-bond acceptors (Lipinski definition) is 6. The number of ether oxygens (including phenoxy) is 2. The summed E-state index contributed by atoms with van der Waals surface area (Å²) in [6, 6.07) is 14.0. The maximum absolute atomic E-state index is 12.6. The van der Waals surface area contributed by atoms with E-state index in [-0.39, 0.29) is 11.5 Å². The van der Waals surface area contributed by atoms with Crippen LogP contribution < -0.4 is 10.5 Å². The number of nitrogens with zero attached hydrogens (tertiary/aromatic N) is 4. The molecule has 1 atom stereocenters. The van der Waals surface area contributed by atoms with Crippen LogP contribution in [0, 0.1) is 0 Å². The van der Waals surface area contributed by atoms with Crippen LogP contribution in [0.3, 0.4) is 0 Å². The topological polar surface area (TPSA) is 95.5 Å². The van der Waals surface area contributed by atoms with Crippen molar-refractivity contribution >= 4 is 11.9 Å². The molecule has 0 bridgehead atoms. The van der Waals surface area contributed by atoms with Crippen molar-refractivity contribution in [3.8, 4) is 17.0 Å². The van der Waals surface area contributed by atoms with Crippen LogP contribution in [0.25, 0.3) is 11.3 Å². The zero-order valence-corrected chi connectivity index (χ0v) is 20.0. The predicted molar refractivity (Wildman–Crippen MR) is 129 cm³/mol. The van der Waals surface area contributed by atoms with Crippen molar-refractivity contribution in [3.63, 3.8) is 0 Å². The van der Waals surface area contributed by atoms with Crippen LogP contribution in [0.5, 0.6) is 5.75 Å². The lowest BCUT2D eigenvalue weighted by Gasteiger charge is -2.26. The Morgan fingerprint density at radius 2 is 1.91 bits per heavy atom. The molecule has 8 nitrogen and oxygen atoms in total. The van der Waals surface area contributed by atoms with Crippen LogP contribution >= 0.6 is 0 Å². The average Bonchev–Trinajstić information content (AvgIpc) is 3.50. The average molecular weight is 462 g/mol. The number of likely N-dealkylation sites (tertiary alicyclic amines) is 1. The van der Waals surface area contributed by atoms with Gasteiger partial charge in [-0.3, -0.25) is 4.68 Å². The van der Waals surface area contributed by atoms with E-state index in [0.717, 1.165) is 41.9 Å². The van der Waals surface area contributed by atoms with Crippen LogP contribution in [0.1, 0.15) is 44.9 Å². The van der Waals surface area contributed by atoms with Gasteiger partial charge in [-0.25, -0.2) is 9.78 Å². The molecule has 1 fully saturated rings. The number of anilines is 1. The van der Waals surface area contributed by atoms with E-state index in [1.54, 1.807) is 6.20 Å². The first-order valence-electron chi connectivity index (χ1n) is 11.7. The summed E-state index contributed by atoms with van der Waals surface area (Å²) < 4.78 is 13.6. The van der Waals surface area contributed by atoms with Crippen LogP contribution in [0.15, 0.2) is 48.7 Å². The van der Waals surface area contributed by atoms with Crippen molar-refractivity contribution in [2.24, 2.45) is 0 Å². The van der Waals surface area contributed by atoms with E-state index in [1.807, 2.05) is 62.1 Å². The Morgan fingerprint density at radius 1 is 1.15 bits per heavy atom. The van der Waals surface area contributed by atoms with Gasteiger partial charge in [0.05, 0.1) is 5.69 Å². The van der Waals surface area contributed by atoms with Crippen molar-refractivity contribution in [3.05, 3.63) is 59.9 Å². The highest BCUT2D eigenvalue weighted by Crippen LogP contribution is 2.44. The molecule has 1 unspecified atom stereocenters. The lowest BCUT2D eigenvalue weighted by molar-refractivity contribution is 0.0284. The Bertz CT molecular complexity index is 1200. The lowest BCUT2D eigenvalue weighted by Crippen LogP contribution is -2.37. The van der Waals surface area contributed by atoms with Gasteiger partial charge in [0.15, 0.2) is 11.6 Å². The summed E-state index contributed by atoms with van der Waals surface area (Å²) in [5.74, 6) is 0.896. The highest BCUT2D eigenvalue weighted by Gasteiger charge is 2.47. The molecular formula is C26H31N5O3. The van der Waals surface area contributed by atoms with Gasteiger partial charge in [-0.2, -0.15) is 5.10 Å². The molecule has 8 heteroatoms. The second-order valence-corrected chi connectivity index (χ2v) is 10.2. The largest absolute Gasteiger partial charge is 0.485 e. The number of carbonyl (C=O) groups excluding carboxylic acids is 1. The molecule has 2 aromatic heterocycles. The van der Waals surface area contributed by atoms with E-state index in [1.165, 1.54) is 0 Å². The zero-order valence-electron chi connectivity index (χ0n) is 20.0. The Kier molecular flexibility index (Phi) is 5.46. The third-order valence-corrected chi connectivity index (χ3v) is 6.55. The number of nitrogens with two attached hydrogens (primary N) is 1. The lowest BCUT2D eigenvalue weighted by atomic mass is 9.82. The Labute approximate surface area is 199 Å². The van der Waals surface area contributed by atoms with Crippen molar-refractivity contribution in [1.29, 1.82) is 0 Å². The van der Waals surface area contributed by atoms with Gasteiger partial charge in [-0.15, -0.1) is 0 Å². The number of amides is 1. The van der Waals surface area contributed by atoms with Crippen LogP contribution in [0.2, 0.25) is 0 Å². The zero-order chi connectivity index (χ0) is 23.9. The Balaban J connectivity index is 1.34. The fourth-order valence-electron chi connectivity index (χ4n) is 4.82. The number of benzene rings is 1. The normalized spacial score (nSPS) is 19.4. The van der Waals surface area contributed by atoms with Gasteiger partial charge in [-0.1, -0.05) is 30.3 Å². The van der Waals surface area contributed by atoms with Gasteiger partial charge in [-0.05, 0) is 51.3 Å². The van der Waals surface area contributed by atoms with E-state index < -0.39 is 5.60 Å². The van der Waals surface area contributed by atoms with E-state index >= 15 is 0 Å². The van der Waals surface area contributed by atoms with Crippen molar-refractivity contribution in [1.82, 2.24) is 19.7 Å². The first-order chi connectivity index (χ1) is 16.2. The monoisotopic (exact) mass is 461 g/mol. The number of fused-ring (bicyclic) bond motifs is 2. The fourth-order valence-corrected chi connectivity index (χ4v) is 4.82.